The van der Waals surface area contributed by atoms with Gasteiger partial charge in [-0.3, -0.25) is 4.79 Å². The molecule has 94 valence electrons. The van der Waals surface area contributed by atoms with Crippen molar-refractivity contribution in [2.24, 2.45) is 5.92 Å². The van der Waals surface area contributed by atoms with Gasteiger partial charge in [0.1, 0.15) is 0 Å². The van der Waals surface area contributed by atoms with Crippen LogP contribution in [0.15, 0.2) is 18.2 Å². The van der Waals surface area contributed by atoms with Gasteiger partial charge in [-0.1, -0.05) is 25.1 Å². The number of aryl methyl sites for hydroxylation is 2. The zero-order valence-corrected chi connectivity index (χ0v) is 10.8. The highest BCUT2D eigenvalue weighted by Gasteiger charge is 2.12. The second-order valence-electron chi connectivity index (χ2n) is 4.59. The van der Waals surface area contributed by atoms with Crippen molar-refractivity contribution in [3.8, 4) is 0 Å². The van der Waals surface area contributed by atoms with Crippen LogP contribution >= 0.6 is 0 Å². The molecule has 1 unspecified atom stereocenters. The van der Waals surface area contributed by atoms with Crippen molar-refractivity contribution in [1.29, 1.82) is 0 Å². The topological polar surface area (TPSA) is 49.3 Å². The zero-order chi connectivity index (χ0) is 12.8. The molecule has 3 nitrogen and oxygen atoms in total. The third kappa shape index (κ3) is 3.86. The molecule has 0 spiro atoms. The van der Waals surface area contributed by atoms with Crippen molar-refractivity contribution < 1.29 is 9.90 Å². The van der Waals surface area contributed by atoms with Crippen LogP contribution < -0.4 is 5.32 Å². The standard InChI is InChI=1S/C14H21NO2/c1-10(7-8-16)9-15-14(17)13-11(2)5-4-6-12(13)3/h4-6,10,16H,7-9H2,1-3H3,(H,15,17). The van der Waals surface area contributed by atoms with Crippen molar-refractivity contribution in [2.45, 2.75) is 27.2 Å². The SMILES string of the molecule is Cc1cccc(C)c1C(=O)NCC(C)CCO. The monoisotopic (exact) mass is 235 g/mol. The molecule has 1 aromatic rings. The highest BCUT2D eigenvalue weighted by atomic mass is 16.3. The molecular formula is C14H21NO2. The van der Waals surface area contributed by atoms with Gasteiger partial charge >= 0.3 is 0 Å². The molecule has 0 radical (unpaired) electrons. The van der Waals surface area contributed by atoms with E-state index in [-0.39, 0.29) is 12.5 Å². The first-order chi connectivity index (χ1) is 8.06. The highest BCUT2D eigenvalue weighted by Crippen LogP contribution is 2.13. The Morgan fingerprint density at radius 3 is 2.47 bits per heavy atom. The smallest absolute Gasteiger partial charge is 0.251 e. The lowest BCUT2D eigenvalue weighted by Crippen LogP contribution is -2.29. The Morgan fingerprint density at radius 2 is 1.94 bits per heavy atom. The van der Waals surface area contributed by atoms with Crippen molar-refractivity contribution in [2.75, 3.05) is 13.2 Å². The van der Waals surface area contributed by atoms with E-state index >= 15 is 0 Å². The largest absolute Gasteiger partial charge is 0.396 e. The highest BCUT2D eigenvalue weighted by molar-refractivity contribution is 5.97. The van der Waals surface area contributed by atoms with Gasteiger partial charge in [-0.25, -0.2) is 0 Å². The van der Waals surface area contributed by atoms with Crippen LogP contribution in [0.4, 0.5) is 0 Å². The average Bonchev–Trinajstić information content (AvgIpc) is 2.26. The number of aliphatic hydroxyl groups excluding tert-OH is 1. The second-order valence-corrected chi connectivity index (χ2v) is 4.59. The Kier molecular flexibility index (Phi) is 5.16. The molecule has 0 aliphatic carbocycles. The number of benzene rings is 1. The molecule has 2 N–H and O–H groups in total. The number of rotatable bonds is 5. The number of hydrogen-bond donors (Lipinski definition) is 2. The number of nitrogens with one attached hydrogen (secondary N) is 1. The number of aliphatic hydroxyl groups is 1. The van der Waals surface area contributed by atoms with Crippen LogP contribution in [0.5, 0.6) is 0 Å². The van der Waals surface area contributed by atoms with Gasteiger partial charge in [0.15, 0.2) is 0 Å². The molecule has 0 saturated heterocycles. The lowest BCUT2D eigenvalue weighted by atomic mass is 10.0. The molecule has 1 aromatic carbocycles. The molecule has 0 bridgehead atoms. The van der Waals surface area contributed by atoms with E-state index in [0.717, 1.165) is 16.7 Å². The van der Waals surface area contributed by atoms with E-state index in [9.17, 15) is 4.79 Å². The van der Waals surface area contributed by atoms with E-state index in [1.165, 1.54) is 0 Å². The van der Waals surface area contributed by atoms with Gasteiger partial charge in [-0.2, -0.15) is 0 Å². The van der Waals surface area contributed by atoms with Gasteiger partial charge in [0.05, 0.1) is 0 Å². The number of amides is 1. The third-order valence-electron chi connectivity index (χ3n) is 2.94. The molecule has 1 amide bonds. The van der Waals surface area contributed by atoms with Gasteiger partial charge in [0, 0.05) is 18.7 Å². The second kappa shape index (κ2) is 6.40. The fraction of sp³-hybridized carbons (Fsp3) is 0.500. The maximum Gasteiger partial charge on any atom is 0.251 e. The summed E-state index contributed by atoms with van der Waals surface area (Å²) in [6.07, 6.45) is 0.715. The summed E-state index contributed by atoms with van der Waals surface area (Å²) in [6, 6.07) is 5.84. The third-order valence-corrected chi connectivity index (χ3v) is 2.94. The molecule has 0 aliphatic heterocycles. The van der Waals surface area contributed by atoms with Crippen molar-refractivity contribution >= 4 is 5.91 Å². The van der Waals surface area contributed by atoms with Gasteiger partial charge in [0.25, 0.3) is 5.91 Å². The lowest BCUT2D eigenvalue weighted by Gasteiger charge is -2.13. The van der Waals surface area contributed by atoms with Gasteiger partial charge in [-0.15, -0.1) is 0 Å². The first-order valence-corrected chi connectivity index (χ1v) is 6.01. The van der Waals surface area contributed by atoms with E-state index < -0.39 is 0 Å². The fourth-order valence-corrected chi connectivity index (χ4v) is 1.85. The van der Waals surface area contributed by atoms with Crippen LogP contribution in [0.1, 0.15) is 34.8 Å². The minimum Gasteiger partial charge on any atom is -0.396 e. The van der Waals surface area contributed by atoms with Crippen LogP contribution in [-0.2, 0) is 0 Å². The summed E-state index contributed by atoms with van der Waals surface area (Å²) in [5.74, 6) is 0.277. The molecule has 1 atom stereocenters. The Morgan fingerprint density at radius 1 is 1.35 bits per heavy atom. The summed E-state index contributed by atoms with van der Waals surface area (Å²) in [7, 11) is 0. The average molecular weight is 235 g/mol. The fourth-order valence-electron chi connectivity index (χ4n) is 1.85. The quantitative estimate of drug-likeness (QED) is 0.820. The van der Waals surface area contributed by atoms with Crippen molar-refractivity contribution in [3.05, 3.63) is 34.9 Å². The summed E-state index contributed by atoms with van der Waals surface area (Å²) in [4.78, 5) is 12.0. The van der Waals surface area contributed by atoms with E-state index in [1.54, 1.807) is 0 Å². The van der Waals surface area contributed by atoms with Gasteiger partial charge < -0.3 is 10.4 Å². The minimum absolute atomic E-state index is 0.0228. The molecular weight excluding hydrogens is 214 g/mol. The summed E-state index contributed by atoms with van der Waals surface area (Å²) >= 11 is 0. The first-order valence-electron chi connectivity index (χ1n) is 6.01. The lowest BCUT2D eigenvalue weighted by molar-refractivity contribution is 0.0944. The predicted molar refractivity (Wildman–Crippen MR) is 69.1 cm³/mol. The van der Waals surface area contributed by atoms with Crippen LogP contribution in [0.25, 0.3) is 0 Å². The number of carbonyl (C=O) groups excluding carboxylic acids is 1. The van der Waals surface area contributed by atoms with Crippen LogP contribution in [0.3, 0.4) is 0 Å². The van der Waals surface area contributed by atoms with Crippen molar-refractivity contribution in [1.82, 2.24) is 5.32 Å². The molecule has 0 saturated carbocycles. The molecule has 1 rings (SSSR count). The molecule has 3 heteroatoms. The molecule has 0 aliphatic rings. The summed E-state index contributed by atoms with van der Waals surface area (Å²) in [5.41, 5.74) is 2.76. The molecule has 0 heterocycles. The Labute approximate surface area is 103 Å². The van der Waals surface area contributed by atoms with Crippen LogP contribution in [0.2, 0.25) is 0 Å². The van der Waals surface area contributed by atoms with Crippen molar-refractivity contribution in [3.63, 3.8) is 0 Å². The Balaban J connectivity index is 2.64. The van der Waals surface area contributed by atoms with Crippen LogP contribution in [-0.4, -0.2) is 24.2 Å². The number of hydrogen-bond acceptors (Lipinski definition) is 2. The minimum atomic E-state index is -0.0228. The van der Waals surface area contributed by atoms with E-state index in [0.29, 0.717) is 18.9 Å². The molecule has 0 fully saturated rings. The summed E-state index contributed by atoms with van der Waals surface area (Å²) in [5, 5.41) is 11.7. The van der Waals surface area contributed by atoms with E-state index in [4.69, 9.17) is 5.11 Å². The van der Waals surface area contributed by atoms with E-state index in [2.05, 4.69) is 5.32 Å². The summed E-state index contributed by atoms with van der Waals surface area (Å²) in [6.45, 7) is 6.67. The zero-order valence-electron chi connectivity index (χ0n) is 10.8. The first kappa shape index (κ1) is 13.7. The Bertz CT molecular complexity index is 368. The predicted octanol–water partition coefficient (Wildman–Crippen LogP) is 2.05. The van der Waals surface area contributed by atoms with Gasteiger partial charge in [0.2, 0.25) is 0 Å². The number of carbonyl (C=O) groups is 1. The van der Waals surface area contributed by atoms with E-state index in [1.807, 2.05) is 39.0 Å². The summed E-state index contributed by atoms with van der Waals surface area (Å²) < 4.78 is 0. The molecule has 17 heavy (non-hydrogen) atoms. The van der Waals surface area contributed by atoms with Crippen LogP contribution in [0, 0.1) is 19.8 Å². The normalized spacial score (nSPS) is 12.2. The maximum atomic E-state index is 12.0. The van der Waals surface area contributed by atoms with Gasteiger partial charge in [-0.05, 0) is 37.3 Å². The Hall–Kier alpha value is -1.35. The molecule has 0 aromatic heterocycles. The maximum absolute atomic E-state index is 12.0.